The summed E-state index contributed by atoms with van der Waals surface area (Å²) in [5.41, 5.74) is -1.03. The predicted octanol–water partition coefficient (Wildman–Crippen LogP) is 3.26. The summed E-state index contributed by atoms with van der Waals surface area (Å²) in [6.45, 7) is 12.0. The van der Waals surface area contributed by atoms with Crippen LogP contribution in [0.5, 0.6) is 0 Å². The molecule has 0 unspecified atom stereocenters. The van der Waals surface area contributed by atoms with Crippen LogP contribution in [0.2, 0.25) is 0 Å². The van der Waals surface area contributed by atoms with Gasteiger partial charge in [0.2, 0.25) is 0 Å². The summed E-state index contributed by atoms with van der Waals surface area (Å²) < 4.78 is 6.03. The fourth-order valence-corrected chi connectivity index (χ4v) is 4.12. The molecule has 0 atom stereocenters. The van der Waals surface area contributed by atoms with Crippen molar-refractivity contribution in [2.75, 3.05) is 33.2 Å². The first kappa shape index (κ1) is 20.2. The summed E-state index contributed by atoms with van der Waals surface area (Å²) >= 11 is 0. The molecule has 2 rings (SSSR count). The normalized spacial score (nSPS) is 22.6. The van der Waals surface area contributed by atoms with Gasteiger partial charge in [0.25, 0.3) is 0 Å². The van der Waals surface area contributed by atoms with Gasteiger partial charge in [0.05, 0.1) is 11.5 Å². The minimum atomic E-state index is -0.586. The molecule has 2 heterocycles. The number of likely N-dealkylation sites (tertiary alicyclic amines) is 2. The van der Waals surface area contributed by atoms with Crippen LogP contribution < -0.4 is 0 Å². The second-order valence-corrected chi connectivity index (χ2v) is 8.93. The van der Waals surface area contributed by atoms with Gasteiger partial charge in [-0.15, -0.1) is 0 Å². The first-order valence-electron chi connectivity index (χ1n) is 9.71. The van der Waals surface area contributed by atoms with Crippen LogP contribution in [0.3, 0.4) is 0 Å². The molecule has 0 aromatic heterocycles. The Kier molecular flexibility index (Phi) is 6.51. The van der Waals surface area contributed by atoms with Crippen LogP contribution in [-0.2, 0) is 9.53 Å². The van der Waals surface area contributed by atoms with Gasteiger partial charge < -0.3 is 9.64 Å². The highest BCUT2D eigenvalue weighted by Crippen LogP contribution is 2.37. The summed E-state index contributed by atoms with van der Waals surface area (Å²) in [5.74, 6) is 0.794. The highest BCUT2D eigenvalue weighted by Gasteiger charge is 2.43. The van der Waals surface area contributed by atoms with E-state index in [9.17, 15) is 4.79 Å². The molecular formula is C20H35N3O2. The summed E-state index contributed by atoms with van der Waals surface area (Å²) in [6.07, 6.45) is 4.76. The molecule has 2 fully saturated rings. The van der Waals surface area contributed by atoms with Gasteiger partial charge in [0, 0.05) is 19.5 Å². The number of piperidine rings is 2. The minimum Gasteiger partial charge on any atom is -0.444 e. The molecule has 0 aliphatic carbocycles. The van der Waals surface area contributed by atoms with E-state index in [4.69, 9.17) is 10.00 Å². The molecule has 0 aromatic carbocycles. The van der Waals surface area contributed by atoms with E-state index in [0.717, 1.165) is 51.9 Å². The fraction of sp³-hybridized carbons (Fsp3) is 0.900. The summed E-state index contributed by atoms with van der Waals surface area (Å²) in [6, 6.07) is 2.28. The molecule has 0 N–H and O–H groups in total. The van der Waals surface area contributed by atoms with E-state index in [1.165, 1.54) is 0 Å². The van der Waals surface area contributed by atoms with E-state index < -0.39 is 11.1 Å². The molecule has 5 heteroatoms. The quantitative estimate of drug-likeness (QED) is 0.713. The Morgan fingerprint density at radius 2 is 1.64 bits per heavy atom. The third-order valence-electron chi connectivity index (χ3n) is 6.36. The van der Waals surface area contributed by atoms with Gasteiger partial charge in [-0.2, -0.15) is 5.26 Å². The van der Waals surface area contributed by atoms with Gasteiger partial charge in [-0.05, 0) is 85.4 Å². The number of rotatable bonds is 5. The van der Waals surface area contributed by atoms with E-state index in [2.05, 4.69) is 22.9 Å². The number of hydrogen-bond donors (Lipinski definition) is 0. The van der Waals surface area contributed by atoms with Crippen LogP contribution in [0.1, 0.15) is 59.8 Å². The average molecular weight is 350 g/mol. The molecule has 142 valence electrons. The molecule has 0 spiro atoms. The first-order valence-corrected chi connectivity index (χ1v) is 9.71. The highest BCUT2D eigenvalue weighted by molar-refractivity contribution is 5.76. The van der Waals surface area contributed by atoms with Crippen LogP contribution in [0, 0.1) is 28.6 Å². The van der Waals surface area contributed by atoms with Crippen molar-refractivity contribution in [3.05, 3.63) is 0 Å². The van der Waals surface area contributed by atoms with Crippen molar-refractivity contribution < 1.29 is 9.53 Å². The minimum absolute atomic E-state index is 0.0776. The van der Waals surface area contributed by atoms with E-state index in [0.29, 0.717) is 18.3 Å². The lowest BCUT2D eigenvalue weighted by Gasteiger charge is -2.44. The third-order valence-corrected chi connectivity index (χ3v) is 6.36. The van der Waals surface area contributed by atoms with Crippen molar-refractivity contribution in [2.24, 2.45) is 17.3 Å². The molecule has 5 nitrogen and oxygen atoms in total. The summed E-state index contributed by atoms with van der Waals surface area (Å²) in [7, 11) is 2.14. The number of carbonyl (C=O) groups excluding carboxylic acids is 1. The number of hydrogen-bond acceptors (Lipinski definition) is 5. The van der Waals surface area contributed by atoms with Crippen molar-refractivity contribution in [3.63, 3.8) is 0 Å². The molecule has 0 amide bonds. The highest BCUT2D eigenvalue weighted by atomic mass is 16.6. The van der Waals surface area contributed by atoms with E-state index in [-0.39, 0.29) is 5.97 Å². The van der Waals surface area contributed by atoms with Gasteiger partial charge in [-0.25, -0.2) is 0 Å². The summed E-state index contributed by atoms with van der Waals surface area (Å²) in [5, 5.41) is 8.86. The fourth-order valence-electron chi connectivity index (χ4n) is 4.12. The van der Waals surface area contributed by atoms with Gasteiger partial charge in [-0.1, -0.05) is 0 Å². The number of esters is 1. The SMILES string of the molecule is CN1CCC(C(C)(C)C(=O)OC(C)(C)N2CCC(CC#N)CC2)CC1. The smallest absolute Gasteiger partial charge is 0.313 e. The van der Waals surface area contributed by atoms with E-state index in [1.807, 2.05) is 27.7 Å². The molecule has 25 heavy (non-hydrogen) atoms. The molecule has 0 aromatic rings. The number of carbonyl (C=O) groups is 1. The van der Waals surface area contributed by atoms with Crippen LogP contribution in [0.25, 0.3) is 0 Å². The van der Waals surface area contributed by atoms with Crippen molar-refractivity contribution in [2.45, 2.75) is 65.5 Å². The van der Waals surface area contributed by atoms with E-state index in [1.54, 1.807) is 0 Å². The molecule has 0 radical (unpaired) electrons. The lowest BCUT2D eigenvalue weighted by atomic mass is 9.73. The number of nitrogens with zero attached hydrogens (tertiary/aromatic N) is 3. The predicted molar refractivity (Wildman–Crippen MR) is 98.7 cm³/mol. The van der Waals surface area contributed by atoms with Crippen LogP contribution >= 0.6 is 0 Å². The maximum atomic E-state index is 13.0. The molecule has 0 bridgehead atoms. The van der Waals surface area contributed by atoms with Gasteiger partial charge in [-0.3, -0.25) is 9.69 Å². The Bertz CT molecular complexity index is 494. The third kappa shape index (κ3) is 4.95. The Labute approximate surface area is 153 Å². The van der Waals surface area contributed by atoms with Crippen molar-refractivity contribution in [1.82, 2.24) is 9.80 Å². The monoisotopic (exact) mass is 349 g/mol. The number of nitriles is 1. The lowest BCUT2D eigenvalue weighted by Crippen LogP contribution is -2.53. The maximum Gasteiger partial charge on any atom is 0.313 e. The van der Waals surface area contributed by atoms with Crippen LogP contribution in [0.4, 0.5) is 0 Å². The molecule has 2 aliphatic rings. The second-order valence-electron chi connectivity index (χ2n) is 8.93. The van der Waals surface area contributed by atoms with Crippen molar-refractivity contribution in [3.8, 4) is 6.07 Å². The molecule has 0 saturated carbocycles. The summed E-state index contributed by atoms with van der Waals surface area (Å²) in [4.78, 5) is 17.5. The Morgan fingerprint density at radius 1 is 1.08 bits per heavy atom. The first-order chi connectivity index (χ1) is 11.7. The van der Waals surface area contributed by atoms with Gasteiger partial charge in [0.15, 0.2) is 5.72 Å². The molecule has 2 saturated heterocycles. The zero-order valence-electron chi connectivity index (χ0n) is 16.7. The van der Waals surface area contributed by atoms with Gasteiger partial charge >= 0.3 is 5.97 Å². The maximum absolute atomic E-state index is 13.0. The second kappa shape index (κ2) is 8.05. The Morgan fingerprint density at radius 3 is 2.16 bits per heavy atom. The average Bonchev–Trinajstić information content (AvgIpc) is 2.55. The topological polar surface area (TPSA) is 56.6 Å². The van der Waals surface area contributed by atoms with Crippen molar-refractivity contribution >= 4 is 5.97 Å². The van der Waals surface area contributed by atoms with Gasteiger partial charge in [0.1, 0.15) is 0 Å². The zero-order valence-corrected chi connectivity index (χ0v) is 16.7. The van der Waals surface area contributed by atoms with Crippen molar-refractivity contribution in [1.29, 1.82) is 5.26 Å². The molecular weight excluding hydrogens is 314 g/mol. The van der Waals surface area contributed by atoms with Crippen LogP contribution in [0.15, 0.2) is 0 Å². The molecule has 2 aliphatic heterocycles. The van der Waals surface area contributed by atoms with E-state index >= 15 is 0 Å². The standard InChI is InChI=1S/C20H35N3O2/c1-19(2,17-9-12-22(5)13-10-17)18(24)25-20(3,4)23-14-7-16(6-11-21)8-15-23/h16-17H,6-10,12-15H2,1-5H3. The Balaban J connectivity index is 1.92. The largest absolute Gasteiger partial charge is 0.444 e. The van der Waals surface area contributed by atoms with Crippen LogP contribution in [-0.4, -0.2) is 54.7 Å². The Hall–Kier alpha value is -1.12. The lowest BCUT2D eigenvalue weighted by molar-refractivity contribution is -0.193. The zero-order chi connectivity index (χ0) is 18.7. The number of ether oxygens (including phenoxy) is 1.